The lowest BCUT2D eigenvalue weighted by molar-refractivity contribution is 0.00763. The summed E-state index contributed by atoms with van der Waals surface area (Å²) in [7, 11) is 0. The van der Waals surface area contributed by atoms with Crippen LogP contribution in [-0.4, -0.2) is 39.8 Å². The maximum absolute atomic E-state index is 12.0. The molecule has 0 aromatic carbocycles. The Kier molecular flexibility index (Phi) is 5.29. The summed E-state index contributed by atoms with van der Waals surface area (Å²) in [4.78, 5) is 17.7. The van der Waals surface area contributed by atoms with Crippen molar-refractivity contribution in [1.29, 1.82) is 0 Å². The number of halogens is 1. The van der Waals surface area contributed by atoms with Gasteiger partial charge in [-0.25, -0.2) is 9.78 Å². The molecule has 2 rings (SSSR count). The van der Waals surface area contributed by atoms with Gasteiger partial charge >= 0.3 is 6.09 Å². The van der Waals surface area contributed by atoms with Gasteiger partial charge in [-0.1, -0.05) is 17.7 Å². The number of rotatable bonds is 2. The average Bonchev–Trinajstić information content (AvgIpc) is 2.46. The highest BCUT2D eigenvalue weighted by molar-refractivity contribution is 6.29. The number of hydrogen-bond acceptors (Lipinski definition) is 4. The Morgan fingerprint density at radius 3 is 2.55 bits per heavy atom. The summed E-state index contributed by atoms with van der Waals surface area (Å²) in [5.41, 5.74) is 0.280. The first-order valence-corrected chi connectivity index (χ1v) is 7.91. The minimum absolute atomic E-state index is 0.113. The van der Waals surface area contributed by atoms with Crippen LogP contribution < -0.4 is 0 Å². The highest BCUT2D eigenvalue weighted by Gasteiger charge is 2.30. The molecule has 0 bridgehead atoms. The normalized spacial score (nSPS) is 18.1. The number of aromatic nitrogens is 1. The number of carbonyl (C=O) groups is 1. The van der Waals surface area contributed by atoms with Crippen molar-refractivity contribution in [2.24, 2.45) is 5.92 Å². The molecule has 6 heteroatoms. The Bertz CT molecular complexity index is 505. The van der Waals surface area contributed by atoms with Gasteiger partial charge in [-0.05, 0) is 51.2 Å². The molecule has 0 spiro atoms. The van der Waals surface area contributed by atoms with Gasteiger partial charge in [-0.15, -0.1) is 0 Å². The summed E-state index contributed by atoms with van der Waals surface area (Å²) in [6.07, 6.45) is 2.22. The fraction of sp³-hybridized carbons (Fsp3) is 0.625. The molecule has 1 saturated heterocycles. The van der Waals surface area contributed by atoms with Crippen molar-refractivity contribution < 1.29 is 14.6 Å². The lowest BCUT2D eigenvalue weighted by Crippen LogP contribution is -2.42. The van der Waals surface area contributed by atoms with Gasteiger partial charge in [0.2, 0.25) is 0 Å². The summed E-state index contributed by atoms with van der Waals surface area (Å²) in [6.45, 7) is 6.76. The zero-order chi connectivity index (χ0) is 16.3. The van der Waals surface area contributed by atoms with Crippen LogP contribution >= 0.6 is 11.6 Å². The SMILES string of the molecule is CC(C)(C)OC(=O)N1CCC(C(O)c2ccc(Cl)nc2)CC1. The molecule has 1 atom stereocenters. The number of pyridine rings is 1. The number of aliphatic hydroxyl groups excluding tert-OH is 1. The Morgan fingerprint density at radius 2 is 2.05 bits per heavy atom. The molecule has 1 unspecified atom stereocenters. The van der Waals surface area contributed by atoms with Crippen LogP contribution in [-0.2, 0) is 4.74 Å². The first kappa shape index (κ1) is 17.0. The standard InChI is InChI=1S/C16H23ClN2O3/c1-16(2,3)22-15(21)19-8-6-11(7-9-19)14(20)12-4-5-13(17)18-10-12/h4-5,10-11,14,20H,6-9H2,1-3H3. The highest BCUT2D eigenvalue weighted by atomic mass is 35.5. The number of piperidine rings is 1. The molecule has 1 aliphatic heterocycles. The summed E-state index contributed by atoms with van der Waals surface area (Å²) < 4.78 is 5.37. The zero-order valence-corrected chi connectivity index (χ0v) is 14.0. The summed E-state index contributed by atoms with van der Waals surface area (Å²) in [5, 5.41) is 10.8. The summed E-state index contributed by atoms with van der Waals surface area (Å²) in [5.74, 6) is 0.113. The maximum Gasteiger partial charge on any atom is 0.410 e. The van der Waals surface area contributed by atoms with E-state index < -0.39 is 11.7 Å². The smallest absolute Gasteiger partial charge is 0.410 e. The van der Waals surface area contributed by atoms with Crippen LogP contribution in [0.2, 0.25) is 5.15 Å². The van der Waals surface area contributed by atoms with Gasteiger partial charge in [-0.2, -0.15) is 0 Å². The zero-order valence-electron chi connectivity index (χ0n) is 13.3. The Labute approximate surface area is 136 Å². The topological polar surface area (TPSA) is 62.7 Å². The number of carbonyl (C=O) groups excluding carboxylic acids is 1. The van der Waals surface area contributed by atoms with E-state index in [1.165, 1.54) is 0 Å². The molecule has 5 nitrogen and oxygen atoms in total. The fourth-order valence-electron chi connectivity index (χ4n) is 2.56. The van der Waals surface area contributed by atoms with E-state index in [1.54, 1.807) is 23.2 Å². The molecule has 0 aliphatic carbocycles. The van der Waals surface area contributed by atoms with Crippen LogP contribution in [0.1, 0.15) is 45.3 Å². The van der Waals surface area contributed by atoms with E-state index in [9.17, 15) is 9.90 Å². The Morgan fingerprint density at radius 1 is 1.41 bits per heavy atom. The number of amides is 1. The Hall–Kier alpha value is -1.33. The number of hydrogen-bond donors (Lipinski definition) is 1. The van der Waals surface area contributed by atoms with E-state index in [-0.39, 0.29) is 12.0 Å². The minimum Gasteiger partial charge on any atom is -0.444 e. The molecule has 1 aliphatic rings. The van der Waals surface area contributed by atoms with E-state index in [0.29, 0.717) is 18.2 Å². The van der Waals surface area contributed by atoms with Crippen molar-refractivity contribution in [2.75, 3.05) is 13.1 Å². The lowest BCUT2D eigenvalue weighted by atomic mass is 9.88. The van der Waals surface area contributed by atoms with Crippen molar-refractivity contribution in [3.63, 3.8) is 0 Å². The van der Waals surface area contributed by atoms with Gasteiger partial charge in [0.1, 0.15) is 10.8 Å². The maximum atomic E-state index is 12.0. The van der Waals surface area contributed by atoms with Crippen LogP contribution in [0.5, 0.6) is 0 Å². The number of nitrogens with zero attached hydrogens (tertiary/aromatic N) is 2. The van der Waals surface area contributed by atoms with Gasteiger partial charge in [-0.3, -0.25) is 0 Å². The molecule has 1 aromatic rings. The number of ether oxygens (including phenoxy) is 1. The highest BCUT2D eigenvalue weighted by Crippen LogP contribution is 2.31. The third-order valence-corrected chi connectivity index (χ3v) is 3.95. The molecule has 2 heterocycles. The van der Waals surface area contributed by atoms with E-state index in [0.717, 1.165) is 18.4 Å². The molecule has 1 amide bonds. The average molecular weight is 327 g/mol. The third-order valence-electron chi connectivity index (χ3n) is 3.73. The molecular weight excluding hydrogens is 304 g/mol. The van der Waals surface area contributed by atoms with Crippen molar-refractivity contribution >= 4 is 17.7 Å². The Balaban J connectivity index is 1.89. The van der Waals surface area contributed by atoms with E-state index in [1.807, 2.05) is 20.8 Å². The van der Waals surface area contributed by atoms with Crippen LogP contribution in [0, 0.1) is 5.92 Å². The predicted octanol–water partition coefficient (Wildman–Crippen LogP) is 3.42. The molecule has 1 aromatic heterocycles. The van der Waals surface area contributed by atoms with Crippen LogP contribution in [0.25, 0.3) is 0 Å². The van der Waals surface area contributed by atoms with Crippen LogP contribution in [0.3, 0.4) is 0 Å². The molecule has 1 N–H and O–H groups in total. The van der Waals surface area contributed by atoms with E-state index >= 15 is 0 Å². The van der Waals surface area contributed by atoms with Crippen molar-refractivity contribution in [3.8, 4) is 0 Å². The molecule has 0 saturated carbocycles. The first-order valence-electron chi connectivity index (χ1n) is 7.54. The molecule has 22 heavy (non-hydrogen) atoms. The largest absolute Gasteiger partial charge is 0.444 e. The van der Waals surface area contributed by atoms with Gasteiger partial charge in [0, 0.05) is 19.3 Å². The number of aliphatic hydroxyl groups is 1. The van der Waals surface area contributed by atoms with Gasteiger partial charge in [0.15, 0.2) is 0 Å². The van der Waals surface area contributed by atoms with Gasteiger partial charge < -0.3 is 14.7 Å². The van der Waals surface area contributed by atoms with Crippen LogP contribution in [0.15, 0.2) is 18.3 Å². The summed E-state index contributed by atoms with van der Waals surface area (Å²) in [6, 6.07) is 3.47. The second-order valence-electron chi connectivity index (χ2n) is 6.66. The van der Waals surface area contributed by atoms with Gasteiger partial charge in [0.05, 0.1) is 6.10 Å². The predicted molar refractivity (Wildman–Crippen MR) is 84.7 cm³/mol. The van der Waals surface area contributed by atoms with E-state index in [4.69, 9.17) is 16.3 Å². The molecule has 0 radical (unpaired) electrons. The lowest BCUT2D eigenvalue weighted by Gasteiger charge is -2.35. The summed E-state index contributed by atoms with van der Waals surface area (Å²) >= 11 is 5.76. The second kappa shape index (κ2) is 6.84. The van der Waals surface area contributed by atoms with Gasteiger partial charge in [0.25, 0.3) is 0 Å². The fourth-order valence-corrected chi connectivity index (χ4v) is 2.67. The van der Waals surface area contributed by atoms with Crippen molar-refractivity contribution in [3.05, 3.63) is 29.0 Å². The second-order valence-corrected chi connectivity index (χ2v) is 7.05. The number of likely N-dealkylation sites (tertiary alicyclic amines) is 1. The van der Waals surface area contributed by atoms with Crippen molar-refractivity contribution in [2.45, 2.75) is 45.3 Å². The monoisotopic (exact) mass is 326 g/mol. The first-order chi connectivity index (χ1) is 10.3. The quantitative estimate of drug-likeness (QED) is 0.846. The van der Waals surface area contributed by atoms with E-state index in [2.05, 4.69) is 4.98 Å². The third kappa shape index (κ3) is 4.58. The molecule has 1 fully saturated rings. The minimum atomic E-state index is -0.578. The van der Waals surface area contributed by atoms with Crippen LogP contribution in [0.4, 0.5) is 4.79 Å². The molecular formula is C16H23ClN2O3. The molecule has 122 valence electrons. The van der Waals surface area contributed by atoms with Crippen molar-refractivity contribution in [1.82, 2.24) is 9.88 Å².